The maximum Gasteiger partial charge on any atom is 0.187 e. The van der Waals surface area contributed by atoms with Crippen LogP contribution in [0.15, 0.2) is 59.7 Å². The topological polar surface area (TPSA) is 38.8 Å². The fourth-order valence-corrected chi connectivity index (χ4v) is 3.63. The largest absolute Gasteiger partial charge is 0.497 e. The third-order valence-electron chi connectivity index (χ3n) is 5.26. The van der Waals surface area contributed by atoms with Crippen molar-refractivity contribution in [3.63, 3.8) is 0 Å². The Labute approximate surface area is 166 Å². The minimum atomic E-state index is 0.127. The average molecular weight is 375 g/mol. The molecule has 1 saturated carbocycles. The predicted octanol–water partition coefficient (Wildman–Crippen LogP) is 4.22. The van der Waals surface area contributed by atoms with Crippen LogP contribution in [0.25, 0.3) is 12.2 Å². The number of rotatable bonds is 5. The number of carbonyl (C=O) groups excluding carboxylic acids is 1. The number of carbonyl (C=O) groups is 1. The molecular formula is C24H25NO3. The van der Waals surface area contributed by atoms with E-state index in [4.69, 9.17) is 9.47 Å². The van der Waals surface area contributed by atoms with E-state index in [0.29, 0.717) is 19.1 Å². The number of Topliss-reactive ketones (excluding diaryl/α,β-unsaturated/α-hetero) is 1. The van der Waals surface area contributed by atoms with E-state index in [2.05, 4.69) is 4.90 Å². The summed E-state index contributed by atoms with van der Waals surface area (Å²) in [6.45, 7) is 1.41. The number of hydrogen-bond donors (Lipinski definition) is 0. The van der Waals surface area contributed by atoms with E-state index >= 15 is 0 Å². The number of ketones is 1. The van der Waals surface area contributed by atoms with Crippen LogP contribution >= 0.6 is 0 Å². The van der Waals surface area contributed by atoms with E-state index in [1.165, 1.54) is 12.8 Å². The summed E-state index contributed by atoms with van der Waals surface area (Å²) < 4.78 is 10.6. The molecule has 28 heavy (non-hydrogen) atoms. The molecule has 1 heterocycles. The molecule has 4 rings (SSSR count). The van der Waals surface area contributed by atoms with E-state index in [-0.39, 0.29) is 5.78 Å². The van der Waals surface area contributed by atoms with Gasteiger partial charge in [-0.15, -0.1) is 0 Å². The number of benzene rings is 2. The first kappa shape index (κ1) is 18.5. The van der Waals surface area contributed by atoms with Gasteiger partial charge in [0.25, 0.3) is 0 Å². The molecule has 1 saturated heterocycles. The normalized spacial score (nSPS) is 20.6. The van der Waals surface area contributed by atoms with Crippen LogP contribution < -0.4 is 9.47 Å². The SMILES string of the molecule is COc1cccc(/C=C2\CN(C3CC3)C/C(=C\c3cccc(OC)c3)C2=O)c1. The molecule has 4 nitrogen and oxygen atoms in total. The van der Waals surface area contributed by atoms with Gasteiger partial charge in [0.15, 0.2) is 5.78 Å². The van der Waals surface area contributed by atoms with E-state index in [1.807, 2.05) is 60.7 Å². The van der Waals surface area contributed by atoms with Gasteiger partial charge in [-0.05, 0) is 60.4 Å². The van der Waals surface area contributed by atoms with Gasteiger partial charge in [0.2, 0.25) is 0 Å². The lowest BCUT2D eigenvalue weighted by Crippen LogP contribution is -2.39. The third kappa shape index (κ3) is 4.18. The van der Waals surface area contributed by atoms with Crippen LogP contribution in [-0.2, 0) is 4.79 Å². The zero-order valence-corrected chi connectivity index (χ0v) is 16.4. The molecule has 1 aliphatic carbocycles. The van der Waals surface area contributed by atoms with Crippen LogP contribution in [-0.4, -0.2) is 44.0 Å². The molecule has 2 fully saturated rings. The van der Waals surface area contributed by atoms with Gasteiger partial charge in [-0.2, -0.15) is 0 Å². The van der Waals surface area contributed by atoms with Crippen molar-refractivity contribution in [1.29, 1.82) is 0 Å². The Balaban J connectivity index is 1.67. The van der Waals surface area contributed by atoms with Gasteiger partial charge in [-0.25, -0.2) is 0 Å². The van der Waals surface area contributed by atoms with Gasteiger partial charge >= 0.3 is 0 Å². The molecule has 1 aliphatic heterocycles. The Hall–Kier alpha value is -2.85. The lowest BCUT2D eigenvalue weighted by molar-refractivity contribution is -0.113. The molecule has 2 aromatic rings. The minimum Gasteiger partial charge on any atom is -0.497 e. The summed E-state index contributed by atoms with van der Waals surface area (Å²) in [6.07, 6.45) is 6.43. The van der Waals surface area contributed by atoms with Crippen LogP contribution in [0, 0.1) is 0 Å². The quantitative estimate of drug-likeness (QED) is 0.734. The monoisotopic (exact) mass is 375 g/mol. The highest BCUT2D eigenvalue weighted by molar-refractivity contribution is 6.14. The molecule has 4 heteroatoms. The van der Waals surface area contributed by atoms with Crippen LogP contribution in [0.5, 0.6) is 11.5 Å². The Morgan fingerprint density at radius 3 is 1.79 bits per heavy atom. The summed E-state index contributed by atoms with van der Waals surface area (Å²) in [7, 11) is 3.31. The predicted molar refractivity (Wildman–Crippen MR) is 112 cm³/mol. The van der Waals surface area contributed by atoms with Crippen molar-refractivity contribution in [2.24, 2.45) is 0 Å². The van der Waals surface area contributed by atoms with Gasteiger partial charge < -0.3 is 9.47 Å². The zero-order valence-electron chi connectivity index (χ0n) is 16.4. The van der Waals surface area contributed by atoms with Gasteiger partial charge in [-0.1, -0.05) is 24.3 Å². The second-order valence-electron chi connectivity index (χ2n) is 7.36. The fraction of sp³-hybridized carbons (Fsp3) is 0.292. The molecule has 2 aromatic carbocycles. The molecule has 0 atom stereocenters. The van der Waals surface area contributed by atoms with E-state index in [1.54, 1.807) is 14.2 Å². The maximum absolute atomic E-state index is 13.2. The minimum absolute atomic E-state index is 0.127. The molecule has 0 radical (unpaired) electrons. The number of likely N-dealkylation sites (tertiary alicyclic amines) is 1. The Morgan fingerprint density at radius 2 is 1.36 bits per heavy atom. The maximum atomic E-state index is 13.2. The number of nitrogens with zero attached hydrogens (tertiary/aromatic N) is 1. The molecule has 0 N–H and O–H groups in total. The number of piperidine rings is 1. The van der Waals surface area contributed by atoms with Crippen molar-refractivity contribution >= 4 is 17.9 Å². The van der Waals surface area contributed by atoms with Gasteiger partial charge in [0, 0.05) is 30.3 Å². The molecule has 144 valence electrons. The highest BCUT2D eigenvalue weighted by Crippen LogP contribution is 2.33. The number of methoxy groups -OCH3 is 2. The summed E-state index contributed by atoms with van der Waals surface area (Å²) in [5, 5.41) is 0. The standard InChI is InChI=1S/C24H25NO3/c1-27-22-7-3-5-17(13-22)11-19-15-25(21-9-10-21)16-20(24(19)26)12-18-6-4-8-23(14-18)28-2/h3-8,11-14,21H,9-10,15-16H2,1-2H3/b19-11+,20-12+. The first-order chi connectivity index (χ1) is 13.7. The Morgan fingerprint density at radius 1 is 0.857 bits per heavy atom. The van der Waals surface area contributed by atoms with Crippen molar-refractivity contribution in [3.8, 4) is 11.5 Å². The summed E-state index contributed by atoms with van der Waals surface area (Å²) in [5.74, 6) is 1.72. The van der Waals surface area contributed by atoms with Gasteiger partial charge in [-0.3, -0.25) is 9.69 Å². The van der Waals surface area contributed by atoms with Crippen molar-refractivity contribution in [2.45, 2.75) is 18.9 Å². The second kappa shape index (κ2) is 8.03. The van der Waals surface area contributed by atoms with Crippen LogP contribution in [0.1, 0.15) is 24.0 Å². The van der Waals surface area contributed by atoms with E-state index < -0.39 is 0 Å². The summed E-state index contributed by atoms with van der Waals surface area (Å²) in [5.41, 5.74) is 3.64. The van der Waals surface area contributed by atoms with E-state index in [9.17, 15) is 4.79 Å². The summed E-state index contributed by atoms with van der Waals surface area (Å²) in [4.78, 5) is 15.6. The summed E-state index contributed by atoms with van der Waals surface area (Å²) in [6, 6.07) is 16.2. The molecule has 0 amide bonds. The molecule has 0 bridgehead atoms. The fourth-order valence-electron chi connectivity index (χ4n) is 3.63. The zero-order chi connectivity index (χ0) is 19.5. The van der Waals surface area contributed by atoms with Crippen LogP contribution in [0.3, 0.4) is 0 Å². The molecule has 2 aliphatic rings. The second-order valence-corrected chi connectivity index (χ2v) is 7.36. The molecular weight excluding hydrogens is 350 g/mol. The first-order valence-corrected chi connectivity index (χ1v) is 9.64. The average Bonchev–Trinajstić information content (AvgIpc) is 3.56. The Kier molecular flexibility index (Phi) is 5.31. The summed E-state index contributed by atoms with van der Waals surface area (Å²) >= 11 is 0. The smallest absolute Gasteiger partial charge is 0.187 e. The van der Waals surface area contributed by atoms with E-state index in [0.717, 1.165) is 33.8 Å². The van der Waals surface area contributed by atoms with Crippen LogP contribution in [0.4, 0.5) is 0 Å². The van der Waals surface area contributed by atoms with Gasteiger partial charge in [0.05, 0.1) is 14.2 Å². The van der Waals surface area contributed by atoms with Crippen molar-refractivity contribution in [1.82, 2.24) is 4.90 Å². The first-order valence-electron chi connectivity index (χ1n) is 9.64. The Bertz CT molecular complexity index is 871. The lowest BCUT2D eigenvalue weighted by atomic mass is 9.94. The highest BCUT2D eigenvalue weighted by Gasteiger charge is 2.35. The van der Waals surface area contributed by atoms with Crippen molar-refractivity contribution in [2.75, 3.05) is 27.3 Å². The number of hydrogen-bond acceptors (Lipinski definition) is 4. The van der Waals surface area contributed by atoms with Crippen molar-refractivity contribution in [3.05, 3.63) is 70.8 Å². The molecule has 0 spiro atoms. The van der Waals surface area contributed by atoms with Crippen molar-refractivity contribution < 1.29 is 14.3 Å². The highest BCUT2D eigenvalue weighted by atomic mass is 16.5. The van der Waals surface area contributed by atoms with Crippen LogP contribution in [0.2, 0.25) is 0 Å². The molecule has 0 aromatic heterocycles. The molecule has 0 unspecified atom stereocenters. The lowest BCUT2D eigenvalue weighted by Gasteiger charge is -2.29. The third-order valence-corrected chi connectivity index (χ3v) is 5.26. The number of ether oxygens (including phenoxy) is 2. The van der Waals surface area contributed by atoms with Gasteiger partial charge in [0.1, 0.15) is 11.5 Å².